The number of halogens is 4. The number of nitrogens with one attached hydrogen (secondary N) is 1. The van der Waals surface area contributed by atoms with Crippen molar-refractivity contribution in [2.45, 2.75) is 0 Å². The normalized spacial score (nSPS) is 10.4. The summed E-state index contributed by atoms with van der Waals surface area (Å²) in [5, 5.41) is 1.99. The summed E-state index contributed by atoms with van der Waals surface area (Å²) in [5.41, 5.74) is 4.22. The molecule has 0 atom stereocenters. The lowest BCUT2D eigenvalue weighted by atomic mass is 10.2. The number of benzene rings is 1. The average molecular weight is 289 g/mol. The molecule has 0 aliphatic heterocycles. The highest BCUT2D eigenvalue weighted by molar-refractivity contribution is 5.56. The number of methoxy groups -OCH3 is 1. The number of anilines is 3. The molecule has 6 nitrogen and oxygen atoms in total. The predicted molar refractivity (Wildman–Crippen MR) is 60.3 cm³/mol. The summed E-state index contributed by atoms with van der Waals surface area (Å²) in [6.07, 6.45) is 0. The molecule has 1 aromatic carbocycles. The van der Waals surface area contributed by atoms with E-state index in [1.165, 1.54) is 7.11 Å². The Balaban J connectivity index is 2.47. The van der Waals surface area contributed by atoms with Gasteiger partial charge in [-0.1, -0.05) is 0 Å². The first-order chi connectivity index (χ1) is 9.42. The molecule has 0 fully saturated rings. The van der Waals surface area contributed by atoms with Crippen LogP contribution in [0.25, 0.3) is 0 Å². The first-order valence-corrected chi connectivity index (χ1v) is 5.08. The van der Waals surface area contributed by atoms with Crippen molar-refractivity contribution in [1.82, 2.24) is 15.0 Å². The van der Waals surface area contributed by atoms with Crippen molar-refractivity contribution in [3.8, 4) is 6.01 Å². The fraction of sp³-hybridized carbons (Fsp3) is 0.100. The van der Waals surface area contributed by atoms with Crippen molar-refractivity contribution < 1.29 is 22.3 Å². The SMILES string of the molecule is COc1nc(N)nc(Nc2c(F)c(F)cc(F)c2F)n1. The van der Waals surface area contributed by atoms with Crippen LogP contribution in [0.5, 0.6) is 6.01 Å². The highest BCUT2D eigenvalue weighted by Gasteiger charge is 2.20. The topological polar surface area (TPSA) is 86.0 Å². The Morgan fingerprint density at radius 1 is 1.05 bits per heavy atom. The number of nitrogens with zero attached hydrogens (tertiary/aromatic N) is 3. The van der Waals surface area contributed by atoms with Crippen molar-refractivity contribution in [1.29, 1.82) is 0 Å². The standard InChI is InChI=1S/C10H7F4N5O/c1-20-10-18-8(15)17-9(19-10)16-7-5(13)3(11)2-4(12)6(7)14/h2H,1H3,(H3,15,16,17,18,19). The molecule has 20 heavy (non-hydrogen) atoms. The second kappa shape index (κ2) is 5.15. The van der Waals surface area contributed by atoms with Gasteiger partial charge in [-0.05, 0) is 0 Å². The molecule has 0 bridgehead atoms. The summed E-state index contributed by atoms with van der Waals surface area (Å²) in [4.78, 5) is 10.6. The van der Waals surface area contributed by atoms with Crippen LogP contribution >= 0.6 is 0 Å². The summed E-state index contributed by atoms with van der Waals surface area (Å²) in [6.45, 7) is 0. The van der Waals surface area contributed by atoms with Gasteiger partial charge < -0.3 is 15.8 Å². The maximum Gasteiger partial charge on any atom is 0.322 e. The third-order valence-corrected chi connectivity index (χ3v) is 2.16. The maximum absolute atomic E-state index is 13.4. The van der Waals surface area contributed by atoms with Crippen LogP contribution in [0, 0.1) is 23.3 Å². The number of ether oxygens (including phenoxy) is 1. The van der Waals surface area contributed by atoms with Crippen molar-refractivity contribution in [3.05, 3.63) is 29.3 Å². The van der Waals surface area contributed by atoms with Crippen LogP contribution in [0.3, 0.4) is 0 Å². The largest absolute Gasteiger partial charge is 0.467 e. The van der Waals surface area contributed by atoms with E-state index < -0.39 is 34.9 Å². The lowest BCUT2D eigenvalue weighted by Crippen LogP contribution is -2.08. The maximum atomic E-state index is 13.4. The Morgan fingerprint density at radius 2 is 1.65 bits per heavy atom. The summed E-state index contributed by atoms with van der Waals surface area (Å²) in [5.74, 6) is -7.13. The van der Waals surface area contributed by atoms with E-state index in [0.29, 0.717) is 0 Å². The molecule has 0 unspecified atom stereocenters. The third kappa shape index (κ3) is 2.53. The van der Waals surface area contributed by atoms with Crippen LogP contribution in [-0.4, -0.2) is 22.1 Å². The summed E-state index contributed by atoms with van der Waals surface area (Å²) in [7, 11) is 1.22. The number of hydrogen-bond donors (Lipinski definition) is 2. The quantitative estimate of drug-likeness (QED) is 0.661. The van der Waals surface area contributed by atoms with E-state index in [1.807, 2.05) is 5.32 Å². The molecule has 0 amide bonds. The van der Waals surface area contributed by atoms with Gasteiger partial charge in [0.1, 0.15) is 5.69 Å². The molecule has 106 valence electrons. The van der Waals surface area contributed by atoms with E-state index in [4.69, 9.17) is 5.73 Å². The number of nitrogen functional groups attached to an aromatic ring is 1. The van der Waals surface area contributed by atoms with Gasteiger partial charge in [0.2, 0.25) is 11.9 Å². The number of rotatable bonds is 3. The molecule has 3 N–H and O–H groups in total. The molecule has 0 aliphatic rings. The van der Waals surface area contributed by atoms with Gasteiger partial charge in [0.25, 0.3) is 0 Å². The minimum absolute atomic E-state index is 0.0815. The molecule has 2 rings (SSSR count). The minimum Gasteiger partial charge on any atom is -0.467 e. The molecule has 2 aromatic rings. The first kappa shape index (κ1) is 13.8. The van der Waals surface area contributed by atoms with Crippen LogP contribution in [-0.2, 0) is 0 Å². The minimum atomic E-state index is -1.62. The molecule has 0 saturated carbocycles. The van der Waals surface area contributed by atoms with E-state index in [-0.39, 0.29) is 18.0 Å². The van der Waals surface area contributed by atoms with Crippen molar-refractivity contribution >= 4 is 17.6 Å². The number of aromatic nitrogens is 3. The van der Waals surface area contributed by atoms with Gasteiger partial charge in [-0.3, -0.25) is 0 Å². The van der Waals surface area contributed by atoms with E-state index >= 15 is 0 Å². The monoisotopic (exact) mass is 289 g/mol. The summed E-state index contributed by atoms with van der Waals surface area (Å²) >= 11 is 0. The fourth-order valence-electron chi connectivity index (χ4n) is 1.31. The summed E-state index contributed by atoms with van der Waals surface area (Å²) in [6, 6.07) is -0.157. The smallest absolute Gasteiger partial charge is 0.322 e. The van der Waals surface area contributed by atoms with Gasteiger partial charge in [-0.15, -0.1) is 0 Å². The van der Waals surface area contributed by atoms with Crippen LogP contribution in [0.15, 0.2) is 6.07 Å². The Kier molecular flexibility index (Phi) is 3.55. The molecule has 0 saturated heterocycles. The van der Waals surface area contributed by atoms with Crippen LogP contribution in [0.2, 0.25) is 0 Å². The zero-order chi connectivity index (χ0) is 14.9. The van der Waals surface area contributed by atoms with Crippen LogP contribution < -0.4 is 15.8 Å². The Morgan fingerprint density at radius 3 is 2.20 bits per heavy atom. The van der Waals surface area contributed by atoms with Crippen molar-refractivity contribution in [2.75, 3.05) is 18.2 Å². The predicted octanol–water partition coefficient (Wildman–Crippen LogP) is 1.76. The zero-order valence-corrected chi connectivity index (χ0v) is 9.92. The van der Waals surface area contributed by atoms with Gasteiger partial charge in [-0.25, -0.2) is 17.6 Å². The van der Waals surface area contributed by atoms with Gasteiger partial charge in [0, 0.05) is 6.07 Å². The fourth-order valence-corrected chi connectivity index (χ4v) is 1.31. The molecule has 10 heteroatoms. The molecule has 0 aliphatic carbocycles. The Hall–Kier alpha value is -2.65. The van der Waals surface area contributed by atoms with Gasteiger partial charge in [0.05, 0.1) is 7.11 Å². The van der Waals surface area contributed by atoms with E-state index in [2.05, 4.69) is 19.7 Å². The van der Waals surface area contributed by atoms with E-state index in [9.17, 15) is 17.6 Å². The average Bonchev–Trinajstić information content (AvgIpc) is 2.40. The van der Waals surface area contributed by atoms with Gasteiger partial charge in [-0.2, -0.15) is 15.0 Å². The van der Waals surface area contributed by atoms with Crippen LogP contribution in [0.1, 0.15) is 0 Å². The second-order valence-corrected chi connectivity index (χ2v) is 3.47. The van der Waals surface area contributed by atoms with Crippen molar-refractivity contribution in [3.63, 3.8) is 0 Å². The van der Waals surface area contributed by atoms with E-state index in [1.54, 1.807) is 0 Å². The Labute approximate surface area is 109 Å². The highest BCUT2D eigenvalue weighted by Crippen LogP contribution is 2.26. The molecule has 0 spiro atoms. The van der Waals surface area contributed by atoms with Crippen molar-refractivity contribution in [2.24, 2.45) is 0 Å². The van der Waals surface area contributed by atoms with Gasteiger partial charge >= 0.3 is 6.01 Å². The van der Waals surface area contributed by atoms with Crippen LogP contribution in [0.4, 0.5) is 35.1 Å². The number of hydrogen-bond acceptors (Lipinski definition) is 6. The third-order valence-electron chi connectivity index (χ3n) is 2.16. The van der Waals surface area contributed by atoms with E-state index in [0.717, 1.165) is 0 Å². The second-order valence-electron chi connectivity index (χ2n) is 3.47. The highest BCUT2D eigenvalue weighted by atomic mass is 19.2. The Bertz CT molecular complexity index is 640. The lowest BCUT2D eigenvalue weighted by Gasteiger charge is -2.09. The number of nitrogens with two attached hydrogens (primary N) is 1. The molecule has 1 heterocycles. The zero-order valence-electron chi connectivity index (χ0n) is 9.92. The van der Waals surface area contributed by atoms with Gasteiger partial charge in [0.15, 0.2) is 23.3 Å². The molecule has 1 aromatic heterocycles. The molecule has 0 radical (unpaired) electrons. The lowest BCUT2D eigenvalue weighted by molar-refractivity contribution is 0.380. The summed E-state index contributed by atoms with van der Waals surface area (Å²) < 4.78 is 57.6. The first-order valence-electron chi connectivity index (χ1n) is 5.08. The molecular formula is C10H7F4N5O. The molecular weight excluding hydrogens is 282 g/mol.